The molecule has 1 aliphatic carbocycles. The highest BCUT2D eigenvalue weighted by atomic mass is 19.1. The molecule has 0 aromatic carbocycles. The van der Waals surface area contributed by atoms with E-state index in [-0.39, 0.29) is 17.8 Å². The lowest BCUT2D eigenvalue weighted by molar-refractivity contribution is 0.410. The smallest absolute Gasteiger partial charge is 0.228 e. The molecule has 0 atom stereocenters. The lowest BCUT2D eigenvalue weighted by Crippen LogP contribution is -2.33. The standard InChI is InChI=1S/C21H21F2N9/c22-13-7-16(23)20(26-10-13)30-21-27-8-12(9-28-21)17-11-25-19-6-5-18(31-32(17)19)29-15-3-1-14(24)2-4-15/h5-11,14-15H,1-4,24H2,(H,29,31)(H,26,27,28,30). The molecule has 0 saturated heterocycles. The summed E-state index contributed by atoms with van der Waals surface area (Å²) >= 11 is 0. The van der Waals surface area contributed by atoms with Crippen LogP contribution in [0.15, 0.2) is 43.0 Å². The maximum Gasteiger partial charge on any atom is 0.228 e. The van der Waals surface area contributed by atoms with Gasteiger partial charge >= 0.3 is 0 Å². The summed E-state index contributed by atoms with van der Waals surface area (Å²) in [6.07, 6.45) is 9.80. The predicted molar refractivity (Wildman–Crippen MR) is 115 cm³/mol. The number of nitrogens with one attached hydrogen (secondary N) is 2. The Kier molecular flexibility index (Phi) is 5.31. The Morgan fingerprint density at radius 1 is 0.938 bits per heavy atom. The molecule has 0 bridgehead atoms. The second-order valence-electron chi connectivity index (χ2n) is 7.79. The van der Waals surface area contributed by atoms with Crippen LogP contribution >= 0.6 is 0 Å². The van der Waals surface area contributed by atoms with Gasteiger partial charge in [-0.1, -0.05) is 0 Å². The number of hydrogen-bond acceptors (Lipinski definition) is 8. The summed E-state index contributed by atoms with van der Waals surface area (Å²) in [5, 5.41) is 10.8. The molecule has 0 spiro atoms. The zero-order chi connectivity index (χ0) is 22.1. The SMILES string of the molecule is NC1CCC(Nc2ccc3ncc(-c4cnc(Nc5ncc(F)cc5F)nc4)n3n2)CC1. The highest BCUT2D eigenvalue weighted by molar-refractivity contribution is 5.63. The lowest BCUT2D eigenvalue weighted by atomic mass is 9.92. The van der Waals surface area contributed by atoms with E-state index in [9.17, 15) is 8.78 Å². The Bertz CT molecular complexity index is 1230. The predicted octanol–water partition coefficient (Wildman–Crippen LogP) is 3.28. The fourth-order valence-electron chi connectivity index (χ4n) is 3.76. The van der Waals surface area contributed by atoms with Gasteiger partial charge in [-0.2, -0.15) is 0 Å². The Balaban J connectivity index is 1.35. The first kappa shape index (κ1) is 20.2. The van der Waals surface area contributed by atoms with Crippen LogP contribution in [-0.4, -0.2) is 41.6 Å². The molecule has 4 aromatic rings. The van der Waals surface area contributed by atoms with Crippen molar-refractivity contribution in [1.29, 1.82) is 0 Å². The van der Waals surface area contributed by atoms with Gasteiger partial charge in [0.2, 0.25) is 5.95 Å². The van der Waals surface area contributed by atoms with Crippen LogP contribution < -0.4 is 16.4 Å². The zero-order valence-corrected chi connectivity index (χ0v) is 17.0. The van der Waals surface area contributed by atoms with Crippen LogP contribution in [0, 0.1) is 11.6 Å². The van der Waals surface area contributed by atoms with E-state index in [2.05, 4.69) is 35.7 Å². The van der Waals surface area contributed by atoms with E-state index in [0.29, 0.717) is 22.9 Å². The average molecular weight is 437 g/mol. The van der Waals surface area contributed by atoms with Crippen LogP contribution in [0.4, 0.5) is 26.4 Å². The molecule has 9 nitrogen and oxygen atoms in total. The number of rotatable bonds is 5. The number of hydrogen-bond donors (Lipinski definition) is 3. The minimum atomic E-state index is -0.830. The number of nitrogens with zero attached hydrogens (tertiary/aromatic N) is 6. The first-order chi connectivity index (χ1) is 15.5. The number of fused-ring (bicyclic) bond motifs is 1. The van der Waals surface area contributed by atoms with Crippen LogP contribution in [-0.2, 0) is 0 Å². The molecule has 0 unspecified atom stereocenters. The van der Waals surface area contributed by atoms with Crippen LogP contribution in [0.3, 0.4) is 0 Å². The van der Waals surface area contributed by atoms with E-state index < -0.39 is 11.6 Å². The van der Waals surface area contributed by atoms with E-state index in [0.717, 1.165) is 43.8 Å². The molecule has 5 rings (SSSR count). The maximum absolute atomic E-state index is 13.8. The summed E-state index contributed by atoms with van der Waals surface area (Å²) in [5.74, 6) is -0.857. The van der Waals surface area contributed by atoms with Gasteiger partial charge in [0.15, 0.2) is 17.3 Å². The van der Waals surface area contributed by atoms with Crippen LogP contribution in [0.2, 0.25) is 0 Å². The Hall–Kier alpha value is -3.73. The van der Waals surface area contributed by atoms with Gasteiger partial charge in [0.25, 0.3) is 0 Å². The molecule has 11 heteroatoms. The number of halogens is 2. The number of aromatic nitrogens is 6. The quantitative estimate of drug-likeness (QED) is 0.435. The molecule has 4 aromatic heterocycles. The van der Waals surface area contributed by atoms with Crippen molar-refractivity contribution in [2.45, 2.75) is 37.8 Å². The maximum atomic E-state index is 13.8. The van der Waals surface area contributed by atoms with Crippen LogP contribution in [0.25, 0.3) is 16.9 Å². The topological polar surface area (TPSA) is 119 Å². The Morgan fingerprint density at radius 3 is 2.47 bits per heavy atom. The molecule has 32 heavy (non-hydrogen) atoms. The lowest BCUT2D eigenvalue weighted by Gasteiger charge is -2.27. The van der Waals surface area contributed by atoms with Crippen molar-refractivity contribution in [2.24, 2.45) is 5.73 Å². The van der Waals surface area contributed by atoms with E-state index in [4.69, 9.17) is 5.73 Å². The molecular formula is C21H21F2N9. The van der Waals surface area contributed by atoms with Crippen molar-refractivity contribution in [1.82, 2.24) is 29.5 Å². The van der Waals surface area contributed by atoms with Crippen molar-refractivity contribution in [2.75, 3.05) is 10.6 Å². The third kappa shape index (κ3) is 4.19. The van der Waals surface area contributed by atoms with E-state index in [1.165, 1.54) is 0 Å². The largest absolute Gasteiger partial charge is 0.366 e. The fourth-order valence-corrected chi connectivity index (χ4v) is 3.76. The van der Waals surface area contributed by atoms with Crippen LogP contribution in [0.1, 0.15) is 25.7 Å². The second-order valence-corrected chi connectivity index (χ2v) is 7.79. The Morgan fingerprint density at radius 2 is 1.72 bits per heavy atom. The fraction of sp³-hybridized carbons (Fsp3) is 0.286. The molecule has 0 radical (unpaired) electrons. The van der Waals surface area contributed by atoms with Gasteiger partial charge in [-0.25, -0.2) is 33.2 Å². The molecule has 0 amide bonds. The molecular weight excluding hydrogens is 416 g/mol. The monoisotopic (exact) mass is 437 g/mol. The van der Waals surface area contributed by atoms with Crippen molar-refractivity contribution < 1.29 is 8.78 Å². The first-order valence-corrected chi connectivity index (χ1v) is 10.3. The van der Waals surface area contributed by atoms with Gasteiger partial charge in [-0.05, 0) is 37.8 Å². The van der Waals surface area contributed by atoms with Crippen molar-refractivity contribution in [3.8, 4) is 11.3 Å². The average Bonchev–Trinajstić information content (AvgIpc) is 3.21. The third-order valence-electron chi connectivity index (χ3n) is 5.47. The third-order valence-corrected chi connectivity index (χ3v) is 5.47. The molecule has 1 fully saturated rings. The first-order valence-electron chi connectivity index (χ1n) is 10.3. The summed E-state index contributed by atoms with van der Waals surface area (Å²) in [7, 11) is 0. The van der Waals surface area contributed by atoms with Gasteiger partial charge in [-0.3, -0.25) is 0 Å². The number of nitrogens with two attached hydrogens (primary N) is 1. The molecule has 1 saturated carbocycles. The Labute approximate surface area is 182 Å². The van der Waals surface area contributed by atoms with Crippen molar-refractivity contribution in [3.63, 3.8) is 0 Å². The van der Waals surface area contributed by atoms with Gasteiger partial charge in [-0.15, -0.1) is 5.10 Å². The molecule has 1 aliphatic rings. The summed E-state index contributed by atoms with van der Waals surface area (Å²) < 4.78 is 28.5. The van der Waals surface area contributed by atoms with Gasteiger partial charge in [0.05, 0.1) is 18.1 Å². The van der Waals surface area contributed by atoms with Crippen LogP contribution in [0.5, 0.6) is 0 Å². The number of imidazole rings is 1. The number of pyridine rings is 1. The molecule has 4 N–H and O–H groups in total. The van der Waals surface area contributed by atoms with E-state index in [1.807, 2.05) is 12.1 Å². The van der Waals surface area contributed by atoms with Crippen molar-refractivity contribution in [3.05, 3.63) is 54.6 Å². The number of anilines is 3. The highest BCUT2D eigenvalue weighted by Gasteiger charge is 2.19. The summed E-state index contributed by atoms with van der Waals surface area (Å²) in [4.78, 5) is 16.5. The summed E-state index contributed by atoms with van der Waals surface area (Å²) in [6, 6.07) is 5.18. The second kappa shape index (κ2) is 8.42. The minimum absolute atomic E-state index is 0.131. The molecule has 0 aliphatic heterocycles. The summed E-state index contributed by atoms with van der Waals surface area (Å²) in [6.45, 7) is 0. The van der Waals surface area contributed by atoms with Gasteiger partial charge < -0.3 is 16.4 Å². The van der Waals surface area contributed by atoms with Gasteiger partial charge in [0, 0.05) is 36.1 Å². The van der Waals surface area contributed by atoms with Crippen molar-refractivity contribution >= 4 is 23.2 Å². The van der Waals surface area contributed by atoms with Gasteiger partial charge in [0.1, 0.15) is 11.6 Å². The normalized spacial score (nSPS) is 18.6. The van der Waals surface area contributed by atoms with E-state index >= 15 is 0 Å². The molecule has 164 valence electrons. The minimum Gasteiger partial charge on any atom is -0.366 e. The molecule has 4 heterocycles. The zero-order valence-electron chi connectivity index (χ0n) is 17.0. The van der Waals surface area contributed by atoms with E-state index in [1.54, 1.807) is 23.1 Å². The summed E-state index contributed by atoms with van der Waals surface area (Å²) in [5.41, 5.74) is 8.08. The highest BCUT2D eigenvalue weighted by Crippen LogP contribution is 2.23.